The molecule has 23 heavy (non-hydrogen) atoms. The largest absolute Gasteiger partial charge is 0.281 e. The first-order chi connectivity index (χ1) is 11.0. The number of halogens is 2. The van der Waals surface area contributed by atoms with Crippen molar-refractivity contribution in [3.8, 4) is 0 Å². The van der Waals surface area contributed by atoms with Crippen molar-refractivity contribution in [3.63, 3.8) is 0 Å². The van der Waals surface area contributed by atoms with E-state index in [1.165, 1.54) is 51.4 Å². The van der Waals surface area contributed by atoms with Crippen LogP contribution in [0.2, 0.25) is 0 Å². The minimum Gasteiger partial charge on any atom is -0.281 e. The smallest absolute Gasteiger partial charge is 0.221 e. The molecule has 0 amide bonds. The Morgan fingerprint density at radius 1 is 0.522 bits per heavy atom. The molecule has 0 aromatic carbocycles. The lowest BCUT2D eigenvalue weighted by molar-refractivity contribution is -0.112. The van der Waals surface area contributed by atoms with Gasteiger partial charge >= 0.3 is 0 Å². The molecule has 0 spiro atoms. The van der Waals surface area contributed by atoms with Gasteiger partial charge in [0.25, 0.3) is 0 Å². The molecule has 0 aliphatic carbocycles. The van der Waals surface area contributed by atoms with Gasteiger partial charge in [0.15, 0.2) is 0 Å². The predicted molar refractivity (Wildman–Crippen MR) is 102 cm³/mol. The van der Waals surface area contributed by atoms with Crippen LogP contribution in [0, 0.1) is 0 Å². The van der Waals surface area contributed by atoms with Crippen LogP contribution in [-0.4, -0.2) is 10.5 Å². The van der Waals surface area contributed by atoms with E-state index in [9.17, 15) is 9.59 Å². The van der Waals surface area contributed by atoms with Crippen LogP contribution in [0.15, 0.2) is 0 Å². The maximum absolute atomic E-state index is 10.3. The number of hydrogen-bond acceptors (Lipinski definition) is 2. The van der Waals surface area contributed by atoms with E-state index >= 15 is 0 Å². The van der Waals surface area contributed by atoms with Gasteiger partial charge in [-0.1, -0.05) is 84.5 Å². The molecular weight excluding hydrogens is 331 g/mol. The Morgan fingerprint density at radius 3 is 1.04 bits per heavy atom. The average molecular weight is 367 g/mol. The maximum atomic E-state index is 10.3. The molecule has 0 unspecified atom stereocenters. The van der Waals surface area contributed by atoms with E-state index in [1.54, 1.807) is 0 Å². The number of rotatable bonds is 15. The van der Waals surface area contributed by atoms with E-state index in [0.29, 0.717) is 12.8 Å². The van der Waals surface area contributed by atoms with Crippen LogP contribution < -0.4 is 0 Å². The number of hydrogen-bond donors (Lipinski definition) is 0. The van der Waals surface area contributed by atoms with E-state index in [0.717, 1.165) is 32.1 Å². The van der Waals surface area contributed by atoms with Gasteiger partial charge in [0, 0.05) is 12.8 Å². The lowest BCUT2D eigenvalue weighted by Crippen LogP contribution is -1.88. The SMILES string of the molecule is CCCCCCCCCC.O=C(Cl)CCCCCCCC(=O)Cl. The fourth-order valence-corrected chi connectivity index (χ4v) is 2.53. The molecule has 4 heteroatoms. The Balaban J connectivity index is 0. The molecule has 0 aliphatic heterocycles. The third-order valence-corrected chi connectivity index (χ3v) is 4.08. The first kappa shape index (κ1) is 25.2. The predicted octanol–water partition coefficient (Wildman–Crippen LogP) is 7.39. The summed E-state index contributed by atoms with van der Waals surface area (Å²) in [7, 11) is 0. The number of unbranched alkanes of at least 4 members (excludes halogenated alkanes) is 11. The van der Waals surface area contributed by atoms with Gasteiger partial charge in [-0.15, -0.1) is 0 Å². The van der Waals surface area contributed by atoms with Crippen LogP contribution in [0.5, 0.6) is 0 Å². The highest BCUT2D eigenvalue weighted by atomic mass is 35.5. The zero-order valence-electron chi connectivity index (χ0n) is 15.2. The van der Waals surface area contributed by atoms with Crippen molar-refractivity contribution in [1.82, 2.24) is 0 Å². The maximum Gasteiger partial charge on any atom is 0.221 e. The molecule has 0 bridgehead atoms. The third kappa shape index (κ3) is 30.4. The highest BCUT2D eigenvalue weighted by Crippen LogP contribution is 2.09. The quantitative estimate of drug-likeness (QED) is 0.223. The molecule has 0 atom stereocenters. The normalized spacial score (nSPS) is 10.1. The van der Waals surface area contributed by atoms with Gasteiger partial charge in [-0.05, 0) is 36.0 Å². The summed E-state index contributed by atoms with van der Waals surface area (Å²) in [5.41, 5.74) is 0. The molecule has 0 saturated carbocycles. The Bertz CT molecular complexity index is 242. The van der Waals surface area contributed by atoms with Gasteiger partial charge in [-0.2, -0.15) is 0 Å². The first-order valence-corrected chi connectivity index (χ1v) is 10.2. The number of carbonyl (C=O) groups is 2. The molecular formula is C19H36Cl2O2. The van der Waals surface area contributed by atoms with Crippen LogP contribution in [0.4, 0.5) is 0 Å². The van der Waals surface area contributed by atoms with Gasteiger partial charge in [0.2, 0.25) is 10.5 Å². The highest BCUT2D eigenvalue weighted by molar-refractivity contribution is 6.63. The summed E-state index contributed by atoms with van der Waals surface area (Å²) in [6, 6.07) is 0. The van der Waals surface area contributed by atoms with E-state index in [4.69, 9.17) is 23.2 Å². The lowest BCUT2D eigenvalue weighted by atomic mass is 10.1. The molecule has 0 aromatic rings. The van der Waals surface area contributed by atoms with Gasteiger partial charge < -0.3 is 0 Å². The molecule has 0 heterocycles. The van der Waals surface area contributed by atoms with Gasteiger partial charge in [0.1, 0.15) is 0 Å². The van der Waals surface area contributed by atoms with E-state index in [2.05, 4.69) is 13.8 Å². The fourth-order valence-electron chi connectivity index (χ4n) is 2.27. The Labute approximate surface area is 153 Å². The summed E-state index contributed by atoms with van der Waals surface area (Å²) in [5.74, 6) is 0. The van der Waals surface area contributed by atoms with Crippen molar-refractivity contribution in [1.29, 1.82) is 0 Å². The fraction of sp³-hybridized carbons (Fsp3) is 0.895. The molecule has 0 N–H and O–H groups in total. The van der Waals surface area contributed by atoms with Crippen LogP contribution >= 0.6 is 23.2 Å². The summed E-state index contributed by atoms with van der Waals surface area (Å²) in [4.78, 5) is 20.7. The van der Waals surface area contributed by atoms with Crippen molar-refractivity contribution in [2.45, 2.75) is 110 Å². The topological polar surface area (TPSA) is 34.1 Å². The molecule has 0 aliphatic rings. The average Bonchev–Trinajstić information content (AvgIpc) is 2.50. The standard InChI is InChI=1S/C10H22.C9H14Cl2O2/c1-3-5-7-9-10-8-6-4-2;10-8(12)6-4-2-1-3-5-7-9(11)13/h3-10H2,1-2H3;1-7H2. The van der Waals surface area contributed by atoms with Crippen LogP contribution in [0.25, 0.3) is 0 Å². The second kappa shape index (κ2) is 21.9. The Hall–Kier alpha value is -0.0800. The monoisotopic (exact) mass is 366 g/mol. The molecule has 0 fully saturated rings. The third-order valence-electron chi connectivity index (χ3n) is 3.70. The summed E-state index contributed by atoms with van der Waals surface area (Å²) in [6.45, 7) is 4.54. The van der Waals surface area contributed by atoms with Crippen molar-refractivity contribution in [2.24, 2.45) is 0 Å². The van der Waals surface area contributed by atoms with E-state index in [-0.39, 0.29) is 10.5 Å². The minimum absolute atomic E-state index is 0.268. The zero-order chi connectivity index (χ0) is 17.8. The molecule has 0 radical (unpaired) electrons. The van der Waals surface area contributed by atoms with Gasteiger partial charge in [-0.3, -0.25) is 9.59 Å². The Morgan fingerprint density at radius 2 is 0.783 bits per heavy atom. The first-order valence-electron chi connectivity index (χ1n) is 9.41. The molecule has 2 nitrogen and oxygen atoms in total. The lowest BCUT2D eigenvalue weighted by Gasteiger charge is -1.97. The summed E-state index contributed by atoms with van der Waals surface area (Å²) in [6.07, 6.45) is 17.1. The van der Waals surface area contributed by atoms with Gasteiger partial charge in [0.05, 0.1) is 0 Å². The highest BCUT2D eigenvalue weighted by Gasteiger charge is 1.97. The van der Waals surface area contributed by atoms with Crippen molar-refractivity contribution in [2.75, 3.05) is 0 Å². The second-order valence-electron chi connectivity index (χ2n) is 6.10. The summed E-state index contributed by atoms with van der Waals surface area (Å²) < 4.78 is 0. The van der Waals surface area contributed by atoms with E-state index in [1.807, 2.05) is 0 Å². The van der Waals surface area contributed by atoms with Crippen molar-refractivity contribution >= 4 is 33.7 Å². The molecule has 0 saturated heterocycles. The minimum atomic E-state index is -0.268. The molecule has 0 aromatic heterocycles. The molecule has 138 valence electrons. The summed E-state index contributed by atoms with van der Waals surface area (Å²) in [5, 5.41) is -0.535. The molecule has 0 rings (SSSR count). The Kier molecular flexibility index (Phi) is 24.0. The van der Waals surface area contributed by atoms with Crippen molar-refractivity contribution in [3.05, 3.63) is 0 Å². The zero-order valence-corrected chi connectivity index (χ0v) is 16.7. The van der Waals surface area contributed by atoms with Crippen LogP contribution in [0.1, 0.15) is 110 Å². The summed E-state index contributed by atoms with van der Waals surface area (Å²) >= 11 is 10.3. The second-order valence-corrected chi connectivity index (χ2v) is 6.94. The van der Waals surface area contributed by atoms with Crippen LogP contribution in [0.3, 0.4) is 0 Å². The number of carbonyl (C=O) groups excluding carboxylic acids is 2. The van der Waals surface area contributed by atoms with Crippen LogP contribution in [-0.2, 0) is 9.59 Å². The van der Waals surface area contributed by atoms with Gasteiger partial charge in [-0.25, -0.2) is 0 Å². The van der Waals surface area contributed by atoms with E-state index < -0.39 is 0 Å². The van der Waals surface area contributed by atoms with Crippen molar-refractivity contribution < 1.29 is 9.59 Å².